The number of H-pyrrole nitrogens is 1. The third kappa shape index (κ3) is 3.74. The molecule has 2 aliphatic heterocycles. The average molecular weight is 464 g/mol. The number of para-hydroxylation sites is 2. The molecule has 1 fully saturated rings. The molecule has 0 saturated carbocycles. The summed E-state index contributed by atoms with van der Waals surface area (Å²) in [5.74, 6) is 1.85. The number of hydrogen-bond acceptors (Lipinski definition) is 4. The van der Waals surface area contributed by atoms with Gasteiger partial charge in [-0.25, -0.2) is 9.98 Å². The highest BCUT2D eigenvalue weighted by molar-refractivity contribution is 6.10. The van der Waals surface area contributed by atoms with E-state index in [0.717, 1.165) is 66.3 Å². The van der Waals surface area contributed by atoms with Crippen LogP contribution >= 0.6 is 0 Å². The Morgan fingerprint density at radius 1 is 0.886 bits per heavy atom. The smallest absolute Gasteiger partial charge is 0.265 e. The normalized spacial score (nSPS) is 18.8. The van der Waals surface area contributed by atoms with Gasteiger partial charge < -0.3 is 4.98 Å². The van der Waals surface area contributed by atoms with Crippen molar-refractivity contribution in [3.05, 3.63) is 102 Å². The number of hydrogen-bond donors (Lipinski definition) is 1. The molecule has 3 heterocycles. The summed E-state index contributed by atoms with van der Waals surface area (Å²) in [5.41, 5.74) is 2.90. The van der Waals surface area contributed by atoms with Crippen molar-refractivity contribution in [2.24, 2.45) is 4.99 Å². The van der Waals surface area contributed by atoms with Crippen molar-refractivity contribution in [1.29, 1.82) is 0 Å². The Kier molecular flexibility index (Phi) is 5.46. The maximum absolute atomic E-state index is 14.2. The summed E-state index contributed by atoms with van der Waals surface area (Å²) in [6.07, 6.45) is 1.83. The topological polar surface area (TPSA) is 64.6 Å². The molecule has 0 bridgehead atoms. The third-order valence-corrected chi connectivity index (χ3v) is 7.32. The molecule has 0 radical (unpaired) electrons. The lowest BCUT2D eigenvalue weighted by molar-refractivity contribution is -0.132. The molecule has 0 atom stereocenters. The Morgan fingerprint density at radius 3 is 2.11 bits per heavy atom. The van der Waals surface area contributed by atoms with Crippen LogP contribution in [0.1, 0.15) is 36.7 Å². The quantitative estimate of drug-likeness (QED) is 0.465. The van der Waals surface area contributed by atoms with Crippen molar-refractivity contribution >= 4 is 22.8 Å². The van der Waals surface area contributed by atoms with Crippen LogP contribution in [-0.4, -0.2) is 50.6 Å². The molecule has 4 aromatic rings. The van der Waals surface area contributed by atoms with Crippen LogP contribution < -0.4 is 0 Å². The monoisotopic (exact) mass is 463 g/mol. The minimum Gasteiger partial charge on any atom is -0.341 e. The number of aromatic nitrogens is 2. The minimum atomic E-state index is -1.02. The largest absolute Gasteiger partial charge is 0.341 e. The molecule has 1 aromatic heterocycles. The van der Waals surface area contributed by atoms with Crippen LogP contribution in [0, 0.1) is 0 Å². The standard InChI is InChI=1S/C29H29N5O/c1-21-32-29(22-10-4-2-5-11-22,23-12-6-3-7-13-23)28(35)34(21)24-16-18-33(19-17-24)20-27-30-25-14-8-9-15-26(25)31-27/h2-15,24H,16-20H2,1H3,(H,30,31). The number of fused-ring (bicyclic) bond motifs is 1. The minimum absolute atomic E-state index is 0.0585. The summed E-state index contributed by atoms with van der Waals surface area (Å²) in [5, 5.41) is 0. The van der Waals surface area contributed by atoms with Gasteiger partial charge in [0.15, 0.2) is 5.54 Å². The predicted octanol–water partition coefficient (Wildman–Crippen LogP) is 4.73. The van der Waals surface area contributed by atoms with Gasteiger partial charge in [0.2, 0.25) is 0 Å². The number of rotatable bonds is 5. The Hall–Kier alpha value is -3.77. The molecular formula is C29H29N5O. The number of carbonyl (C=O) groups is 1. The van der Waals surface area contributed by atoms with Crippen molar-refractivity contribution in [3.63, 3.8) is 0 Å². The van der Waals surface area contributed by atoms with Crippen LogP contribution in [0.2, 0.25) is 0 Å². The van der Waals surface area contributed by atoms with E-state index in [2.05, 4.69) is 16.0 Å². The van der Waals surface area contributed by atoms with Gasteiger partial charge in [-0.15, -0.1) is 0 Å². The molecule has 176 valence electrons. The molecule has 6 nitrogen and oxygen atoms in total. The molecule has 1 amide bonds. The van der Waals surface area contributed by atoms with Gasteiger partial charge in [0.05, 0.1) is 17.6 Å². The number of amides is 1. The van der Waals surface area contributed by atoms with Crippen LogP contribution in [0.4, 0.5) is 0 Å². The number of aliphatic imine (C=N–C) groups is 1. The maximum Gasteiger partial charge on any atom is 0.265 e. The first-order valence-electron chi connectivity index (χ1n) is 12.3. The number of piperidine rings is 1. The van der Waals surface area contributed by atoms with Crippen LogP contribution in [0.3, 0.4) is 0 Å². The Bertz CT molecular complexity index is 1300. The maximum atomic E-state index is 14.2. The van der Waals surface area contributed by atoms with Gasteiger partial charge in [-0.1, -0.05) is 72.8 Å². The van der Waals surface area contributed by atoms with E-state index in [0.29, 0.717) is 0 Å². The number of imidazole rings is 1. The summed E-state index contributed by atoms with van der Waals surface area (Å²) in [7, 11) is 0. The zero-order valence-corrected chi connectivity index (χ0v) is 19.9. The molecular weight excluding hydrogens is 434 g/mol. The summed E-state index contributed by atoms with van der Waals surface area (Å²) in [6, 6.07) is 28.2. The number of nitrogens with zero attached hydrogens (tertiary/aromatic N) is 4. The van der Waals surface area contributed by atoms with Crippen molar-refractivity contribution in [2.75, 3.05) is 13.1 Å². The van der Waals surface area contributed by atoms with Gasteiger partial charge in [0, 0.05) is 19.1 Å². The van der Waals surface area contributed by atoms with E-state index in [1.54, 1.807) is 0 Å². The SMILES string of the molecule is CC1=NC(c2ccccc2)(c2ccccc2)C(=O)N1C1CCN(Cc2nc3ccccc3[nH]2)CC1. The molecule has 2 aliphatic rings. The fraction of sp³-hybridized carbons (Fsp3) is 0.276. The highest BCUT2D eigenvalue weighted by atomic mass is 16.2. The van der Waals surface area contributed by atoms with E-state index in [1.165, 1.54) is 0 Å². The van der Waals surface area contributed by atoms with Crippen molar-refractivity contribution in [3.8, 4) is 0 Å². The summed E-state index contributed by atoms with van der Waals surface area (Å²) in [6.45, 7) is 4.61. The first-order valence-corrected chi connectivity index (χ1v) is 12.3. The third-order valence-electron chi connectivity index (χ3n) is 7.32. The fourth-order valence-electron chi connectivity index (χ4n) is 5.63. The van der Waals surface area contributed by atoms with Gasteiger partial charge in [-0.3, -0.25) is 14.6 Å². The molecule has 35 heavy (non-hydrogen) atoms. The fourth-order valence-corrected chi connectivity index (χ4v) is 5.63. The van der Waals surface area contributed by atoms with E-state index in [1.807, 2.05) is 90.7 Å². The van der Waals surface area contributed by atoms with E-state index in [4.69, 9.17) is 9.98 Å². The lowest BCUT2D eigenvalue weighted by atomic mass is 9.82. The van der Waals surface area contributed by atoms with Crippen molar-refractivity contribution < 1.29 is 4.79 Å². The first kappa shape index (κ1) is 21.7. The van der Waals surface area contributed by atoms with Crippen LogP contribution in [0.5, 0.6) is 0 Å². The van der Waals surface area contributed by atoms with Crippen LogP contribution in [-0.2, 0) is 16.9 Å². The zero-order valence-electron chi connectivity index (χ0n) is 19.9. The molecule has 6 rings (SSSR count). The van der Waals surface area contributed by atoms with E-state index >= 15 is 0 Å². The Morgan fingerprint density at radius 2 is 1.49 bits per heavy atom. The highest BCUT2D eigenvalue weighted by Crippen LogP contribution is 2.41. The van der Waals surface area contributed by atoms with E-state index in [-0.39, 0.29) is 11.9 Å². The second kappa shape index (κ2) is 8.78. The van der Waals surface area contributed by atoms with Gasteiger partial charge in [-0.2, -0.15) is 0 Å². The molecule has 6 heteroatoms. The van der Waals surface area contributed by atoms with Gasteiger partial charge in [0.1, 0.15) is 11.7 Å². The van der Waals surface area contributed by atoms with E-state index < -0.39 is 5.54 Å². The summed E-state index contributed by atoms with van der Waals surface area (Å²) in [4.78, 5) is 31.8. The van der Waals surface area contributed by atoms with Crippen LogP contribution in [0.15, 0.2) is 89.9 Å². The lowest BCUT2D eigenvalue weighted by Crippen LogP contribution is -2.50. The number of likely N-dealkylation sites (tertiary alicyclic amines) is 1. The van der Waals surface area contributed by atoms with Gasteiger partial charge in [-0.05, 0) is 43.0 Å². The number of aromatic amines is 1. The summed E-state index contributed by atoms with van der Waals surface area (Å²) >= 11 is 0. The molecule has 1 N–H and O–H groups in total. The molecule has 0 unspecified atom stereocenters. The van der Waals surface area contributed by atoms with Crippen molar-refractivity contribution in [1.82, 2.24) is 19.8 Å². The van der Waals surface area contributed by atoms with Gasteiger partial charge in [0.25, 0.3) is 5.91 Å². The number of carbonyl (C=O) groups excluding carboxylic acids is 1. The molecule has 0 spiro atoms. The number of benzene rings is 3. The second-order valence-corrected chi connectivity index (χ2v) is 9.48. The lowest BCUT2D eigenvalue weighted by Gasteiger charge is -2.37. The van der Waals surface area contributed by atoms with E-state index in [9.17, 15) is 4.79 Å². The number of nitrogens with one attached hydrogen (secondary N) is 1. The second-order valence-electron chi connectivity index (χ2n) is 9.48. The Balaban J connectivity index is 1.22. The van der Waals surface area contributed by atoms with Crippen LogP contribution in [0.25, 0.3) is 11.0 Å². The zero-order chi connectivity index (χ0) is 23.8. The number of amidine groups is 1. The van der Waals surface area contributed by atoms with Gasteiger partial charge >= 0.3 is 0 Å². The first-order chi connectivity index (χ1) is 17.1. The summed E-state index contributed by atoms with van der Waals surface area (Å²) < 4.78 is 0. The van der Waals surface area contributed by atoms with Crippen molar-refractivity contribution in [2.45, 2.75) is 37.9 Å². The highest BCUT2D eigenvalue weighted by Gasteiger charge is 2.51. The average Bonchev–Trinajstić information content (AvgIpc) is 3.43. The Labute approximate surface area is 205 Å². The molecule has 1 saturated heterocycles. The molecule has 0 aliphatic carbocycles. The predicted molar refractivity (Wildman–Crippen MR) is 138 cm³/mol. The molecule has 3 aromatic carbocycles.